The summed E-state index contributed by atoms with van der Waals surface area (Å²) in [6.45, 7) is -0.108. The number of carbonyl (C=O) groups excluding carboxylic acids is 2. The maximum atomic E-state index is 12.0. The molecule has 0 saturated carbocycles. The zero-order chi connectivity index (χ0) is 13.3. The van der Waals surface area contributed by atoms with Crippen LogP contribution in [-0.2, 0) is 16.6 Å². The molecule has 2 heterocycles. The third-order valence-corrected chi connectivity index (χ3v) is 2.76. The largest absolute Gasteiger partial charge is 0.481 e. The summed E-state index contributed by atoms with van der Waals surface area (Å²) in [5.41, 5.74) is 0.689. The number of amides is 3. The van der Waals surface area contributed by atoms with Crippen molar-refractivity contribution in [2.75, 3.05) is 6.54 Å². The van der Waals surface area contributed by atoms with Crippen LogP contribution in [0.1, 0.15) is 18.0 Å². The maximum absolute atomic E-state index is 12.0. The van der Waals surface area contributed by atoms with E-state index in [4.69, 9.17) is 5.11 Å². The second-order valence-corrected chi connectivity index (χ2v) is 4.13. The van der Waals surface area contributed by atoms with Crippen LogP contribution in [0.15, 0.2) is 18.5 Å². The van der Waals surface area contributed by atoms with E-state index in [1.54, 1.807) is 23.0 Å². The Balaban J connectivity index is 2.11. The number of imide groups is 1. The number of carboxylic acids is 1. The summed E-state index contributed by atoms with van der Waals surface area (Å²) in [5.74, 6) is -1.45. The van der Waals surface area contributed by atoms with Crippen molar-refractivity contribution in [1.82, 2.24) is 14.8 Å². The highest BCUT2D eigenvalue weighted by Gasteiger charge is 2.39. The average Bonchev–Trinajstić information content (AvgIpc) is 2.82. The van der Waals surface area contributed by atoms with E-state index in [1.807, 2.05) is 7.05 Å². The van der Waals surface area contributed by atoms with Crippen molar-refractivity contribution < 1.29 is 19.5 Å². The van der Waals surface area contributed by atoms with Crippen molar-refractivity contribution in [3.05, 3.63) is 24.0 Å². The van der Waals surface area contributed by atoms with Crippen LogP contribution in [0.4, 0.5) is 4.79 Å². The fourth-order valence-electron chi connectivity index (χ4n) is 1.86. The molecule has 0 spiro atoms. The van der Waals surface area contributed by atoms with Crippen LogP contribution in [0.2, 0.25) is 0 Å². The van der Waals surface area contributed by atoms with Gasteiger partial charge in [-0.25, -0.2) is 4.79 Å². The first-order valence-corrected chi connectivity index (χ1v) is 5.44. The lowest BCUT2D eigenvalue weighted by Gasteiger charge is -2.10. The number of carbonyl (C=O) groups is 3. The summed E-state index contributed by atoms with van der Waals surface area (Å²) in [4.78, 5) is 34.9. The van der Waals surface area contributed by atoms with Gasteiger partial charge in [-0.3, -0.25) is 14.5 Å². The Morgan fingerprint density at radius 2 is 2.22 bits per heavy atom. The van der Waals surface area contributed by atoms with E-state index in [1.165, 1.54) is 0 Å². The number of carboxylic acid groups (broad SMARTS) is 1. The number of nitrogens with one attached hydrogen (secondary N) is 1. The minimum absolute atomic E-state index is 0.108. The van der Waals surface area contributed by atoms with Gasteiger partial charge in [0.2, 0.25) is 0 Å². The van der Waals surface area contributed by atoms with Crippen LogP contribution in [0.25, 0.3) is 0 Å². The molecule has 1 fully saturated rings. The van der Waals surface area contributed by atoms with Crippen molar-refractivity contribution in [2.24, 2.45) is 7.05 Å². The number of hydrogen-bond acceptors (Lipinski definition) is 3. The van der Waals surface area contributed by atoms with Crippen LogP contribution >= 0.6 is 0 Å². The van der Waals surface area contributed by atoms with Gasteiger partial charge in [0.25, 0.3) is 5.91 Å². The quantitative estimate of drug-likeness (QED) is 0.742. The number of aliphatic carboxylic acids is 1. The predicted octanol–water partition coefficient (Wildman–Crippen LogP) is 0.0927. The zero-order valence-electron chi connectivity index (χ0n) is 9.79. The van der Waals surface area contributed by atoms with Gasteiger partial charge >= 0.3 is 12.0 Å². The zero-order valence-corrected chi connectivity index (χ0v) is 9.79. The molecule has 1 aliphatic rings. The molecule has 1 aromatic rings. The van der Waals surface area contributed by atoms with Gasteiger partial charge in [0.15, 0.2) is 0 Å². The molecule has 18 heavy (non-hydrogen) atoms. The molecule has 1 aliphatic heterocycles. The molecule has 2 rings (SSSR count). The molecule has 0 aromatic carbocycles. The second kappa shape index (κ2) is 4.52. The van der Waals surface area contributed by atoms with Crippen molar-refractivity contribution in [2.45, 2.75) is 12.5 Å². The van der Waals surface area contributed by atoms with Crippen LogP contribution in [0.5, 0.6) is 0 Å². The number of nitrogens with zero attached hydrogens (tertiary/aromatic N) is 2. The van der Waals surface area contributed by atoms with E-state index in [0.29, 0.717) is 5.56 Å². The minimum Gasteiger partial charge on any atom is -0.481 e. The average molecular weight is 251 g/mol. The molecule has 0 bridgehead atoms. The van der Waals surface area contributed by atoms with E-state index in [2.05, 4.69) is 5.32 Å². The first kappa shape index (κ1) is 12.2. The van der Waals surface area contributed by atoms with Crippen molar-refractivity contribution in [3.8, 4) is 0 Å². The summed E-state index contributed by atoms with van der Waals surface area (Å²) in [5, 5.41) is 11.1. The van der Waals surface area contributed by atoms with E-state index in [9.17, 15) is 14.4 Å². The molecule has 0 aliphatic carbocycles. The number of rotatable bonds is 4. The molecule has 1 atom stereocenters. The molecular weight excluding hydrogens is 238 g/mol. The van der Waals surface area contributed by atoms with Gasteiger partial charge in [-0.05, 0) is 6.07 Å². The fraction of sp³-hybridized carbons (Fsp3) is 0.364. The highest BCUT2D eigenvalue weighted by Crippen LogP contribution is 2.22. The topological polar surface area (TPSA) is 91.6 Å². The molecular formula is C11H13N3O4. The van der Waals surface area contributed by atoms with Crippen LogP contribution < -0.4 is 5.32 Å². The van der Waals surface area contributed by atoms with Gasteiger partial charge < -0.3 is 15.0 Å². The summed E-state index contributed by atoms with van der Waals surface area (Å²) < 4.78 is 1.77. The predicted molar refractivity (Wildman–Crippen MR) is 60.7 cm³/mol. The number of urea groups is 1. The van der Waals surface area contributed by atoms with Crippen molar-refractivity contribution in [1.29, 1.82) is 0 Å². The lowest BCUT2D eigenvalue weighted by atomic mass is 10.1. The smallest absolute Gasteiger partial charge is 0.325 e. The highest BCUT2D eigenvalue weighted by molar-refractivity contribution is 6.04. The van der Waals surface area contributed by atoms with Gasteiger partial charge in [0.05, 0.1) is 6.42 Å². The van der Waals surface area contributed by atoms with Crippen molar-refractivity contribution >= 4 is 17.9 Å². The molecule has 7 nitrogen and oxygen atoms in total. The Kier molecular flexibility index (Phi) is 3.05. The highest BCUT2D eigenvalue weighted by atomic mass is 16.4. The molecule has 7 heteroatoms. The van der Waals surface area contributed by atoms with Gasteiger partial charge in [-0.1, -0.05) is 0 Å². The fourth-order valence-corrected chi connectivity index (χ4v) is 1.86. The van der Waals surface area contributed by atoms with E-state index >= 15 is 0 Å². The Morgan fingerprint density at radius 3 is 2.78 bits per heavy atom. The molecule has 2 N–H and O–H groups in total. The third kappa shape index (κ3) is 2.20. The minimum atomic E-state index is -1.04. The summed E-state index contributed by atoms with van der Waals surface area (Å²) in [7, 11) is 1.81. The summed E-state index contributed by atoms with van der Waals surface area (Å²) in [6, 6.07) is 0.478. The van der Waals surface area contributed by atoms with Crippen LogP contribution in [0, 0.1) is 0 Å². The van der Waals surface area contributed by atoms with Gasteiger partial charge in [0, 0.05) is 31.5 Å². The number of hydrogen-bond donors (Lipinski definition) is 2. The van der Waals surface area contributed by atoms with E-state index < -0.39 is 23.9 Å². The van der Waals surface area contributed by atoms with Gasteiger partial charge in [-0.2, -0.15) is 0 Å². The second-order valence-electron chi connectivity index (χ2n) is 4.13. The van der Waals surface area contributed by atoms with Crippen LogP contribution in [-0.4, -0.2) is 39.0 Å². The lowest BCUT2D eigenvalue weighted by molar-refractivity contribution is -0.137. The maximum Gasteiger partial charge on any atom is 0.325 e. The number of aromatic nitrogens is 1. The lowest BCUT2D eigenvalue weighted by Crippen LogP contribution is -2.32. The first-order valence-electron chi connectivity index (χ1n) is 5.44. The molecule has 1 aromatic heterocycles. The normalized spacial score (nSPS) is 19.2. The standard InChI is InChI=1S/C11H13N3O4/c1-13-4-2-7(6-13)9-10(17)14(11(18)12-9)5-3-8(15)16/h2,4,6,9H,3,5H2,1H3,(H,12,18)(H,15,16). The Morgan fingerprint density at radius 1 is 1.50 bits per heavy atom. The van der Waals surface area contributed by atoms with Crippen LogP contribution in [0.3, 0.4) is 0 Å². The Labute approximate surface area is 103 Å². The molecule has 96 valence electrons. The molecule has 0 radical (unpaired) electrons. The third-order valence-electron chi connectivity index (χ3n) is 2.76. The summed E-state index contributed by atoms with van der Waals surface area (Å²) >= 11 is 0. The molecule has 1 saturated heterocycles. The Bertz CT molecular complexity index is 508. The van der Waals surface area contributed by atoms with Gasteiger partial charge in [-0.15, -0.1) is 0 Å². The van der Waals surface area contributed by atoms with E-state index in [0.717, 1.165) is 4.90 Å². The van der Waals surface area contributed by atoms with E-state index in [-0.39, 0.29) is 13.0 Å². The first-order chi connectivity index (χ1) is 8.49. The monoisotopic (exact) mass is 251 g/mol. The Hall–Kier alpha value is -2.31. The van der Waals surface area contributed by atoms with Gasteiger partial charge in [0.1, 0.15) is 6.04 Å². The van der Waals surface area contributed by atoms with Crippen molar-refractivity contribution in [3.63, 3.8) is 0 Å². The number of aryl methyl sites for hydroxylation is 1. The SMILES string of the molecule is Cn1ccc(C2NC(=O)N(CCC(=O)O)C2=O)c1. The molecule has 1 unspecified atom stereocenters. The summed E-state index contributed by atoms with van der Waals surface area (Å²) in [6.07, 6.45) is 3.26. The molecule has 3 amide bonds.